The zero-order valence-corrected chi connectivity index (χ0v) is 13.5. The van der Waals surface area contributed by atoms with Crippen molar-refractivity contribution in [3.8, 4) is 0 Å². The van der Waals surface area contributed by atoms with E-state index in [4.69, 9.17) is 4.74 Å². The third-order valence-electron chi connectivity index (χ3n) is 3.64. The lowest BCUT2D eigenvalue weighted by molar-refractivity contribution is -0.148. The van der Waals surface area contributed by atoms with Gasteiger partial charge in [-0.2, -0.15) is 13.2 Å². The van der Waals surface area contributed by atoms with Gasteiger partial charge in [-0.3, -0.25) is 4.90 Å². The minimum atomic E-state index is -4.15. The second-order valence-corrected chi connectivity index (χ2v) is 6.36. The fourth-order valence-corrected chi connectivity index (χ4v) is 2.69. The first-order valence-electron chi connectivity index (χ1n) is 7.05. The van der Waals surface area contributed by atoms with Crippen LogP contribution < -0.4 is 0 Å². The Hall–Kier alpha value is -1.08. The van der Waals surface area contributed by atoms with Crippen molar-refractivity contribution in [2.45, 2.75) is 19.0 Å². The Morgan fingerprint density at radius 2 is 1.82 bits per heavy atom. The summed E-state index contributed by atoms with van der Waals surface area (Å²) < 4.78 is 43.0. The highest BCUT2D eigenvalue weighted by Crippen LogP contribution is 2.23. The van der Waals surface area contributed by atoms with Crippen LogP contribution in [0, 0.1) is 5.92 Å². The average molecular weight is 380 g/mol. The zero-order valence-electron chi connectivity index (χ0n) is 11.9. The van der Waals surface area contributed by atoms with Crippen LogP contribution in [0.25, 0.3) is 0 Å². The minimum Gasteiger partial charge on any atom is -0.462 e. The summed E-state index contributed by atoms with van der Waals surface area (Å²) in [7, 11) is 0. The molecule has 1 heterocycles. The van der Waals surface area contributed by atoms with Gasteiger partial charge in [0.25, 0.3) is 0 Å². The molecule has 0 saturated carbocycles. The van der Waals surface area contributed by atoms with Crippen molar-refractivity contribution in [2.24, 2.45) is 5.92 Å². The number of piperidine rings is 1. The van der Waals surface area contributed by atoms with Gasteiger partial charge < -0.3 is 4.74 Å². The van der Waals surface area contributed by atoms with Gasteiger partial charge in [0.15, 0.2) is 0 Å². The van der Waals surface area contributed by atoms with Gasteiger partial charge in [-0.25, -0.2) is 4.79 Å². The fraction of sp³-hybridized carbons (Fsp3) is 0.533. The van der Waals surface area contributed by atoms with E-state index in [1.54, 1.807) is 24.3 Å². The molecule has 0 atom stereocenters. The number of hydrogen-bond donors (Lipinski definition) is 0. The van der Waals surface area contributed by atoms with Crippen molar-refractivity contribution in [3.63, 3.8) is 0 Å². The SMILES string of the molecule is O=C(OCC1CCN(CC(F)(F)F)CC1)c1ccc(Br)cc1. The van der Waals surface area contributed by atoms with Gasteiger partial charge in [0.05, 0.1) is 18.7 Å². The van der Waals surface area contributed by atoms with Crippen molar-refractivity contribution >= 4 is 21.9 Å². The summed E-state index contributed by atoms with van der Waals surface area (Å²) in [6, 6.07) is 6.84. The van der Waals surface area contributed by atoms with Crippen molar-refractivity contribution < 1.29 is 22.7 Å². The second kappa shape index (κ2) is 7.46. The van der Waals surface area contributed by atoms with Gasteiger partial charge in [0, 0.05) is 4.47 Å². The van der Waals surface area contributed by atoms with Crippen LogP contribution in [0.3, 0.4) is 0 Å². The van der Waals surface area contributed by atoms with E-state index in [-0.39, 0.29) is 12.5 Å². The quantitative estimate of drug-likeness (QED) is 0.743. The summed E-state index contributed by atoms with van der Waals surface area (Å²) >= 11 is 3.29. The Kier molecular flexibility index (Phi) is 5.86. The van der Waals surface area contributed by atoms with Crippen LogP contribution in [-0.4, -0.2) is 43.3 Å². The van der Waals surface area contributed by atoms with Crippen LogP contribution in [-0.2, 0) is 4.74 Å². The molecule has 1 aromatic carbocycles. The third-order valence-corrected chi connectivity index (χ3v) is 4.17. The van der Waals surface area contributed by atoms with Crippen molar-refractivity contribution in [1.29, 1.82) is 0 Å². The normalized spacial score (nSPS) is 17.5. The number of alkyl halides is 3. The Morgan fingerprint density at radius 1 is 1.23 bits per heavy atom. The van der Waals surface area contributed by atoms with Gasteiger partial charge in [0.2, 0.25) is 0 Å². The molecule has 3 nitrogen and oxygen atoms in total. The molecule has 0 N–H and O–H groups in total. The number of carbonyl (C=O) groups excluding carboxylic acids is 1. The summed E-state index contributed by atoms with van der Waals surface area (Å²) in [5.41, 5.74) is 0.470. The monoisotopic (exact) mass is 379 g/mol. The van der Waals surface area contributed by atoms with E-state index in [0.29, 0.717) is 31.5 Å². The standard InChI is InChI=1S/C15H17BrF3NO2/c16-13-3-1-12(2-4-13)14(21)22-9-11-5-7-20(8-6-11)10-15(17,18)19/h1-4,11H,5-10H2. The molecule has 2 rings (SSSR count). The number of esters is 1. The van der Waals surface area contributed by atoms with Crippen LogP contribution in [0.1, 0.15) is 23.2 Å². The minimum absolute atomic E-state index is 0.129. The Balaban J connectivity index is 1.72. The zero-order chi connectivity index (χ0) is 16.2. The maximum Gasteiger partial charge on any atom is 0.401 e. The number of hydrogen-bond acceptors (Lipinski definition) is 3. The fourth-order valence-electron chi connectivity index (χ4n) is 2.43. The number of nitrogens with zero attached hydrogens (tertiary/aromatic N) is 1. The van der Waals surface area contributed by atoms with Crippen LogP contribution in [0.5, 0.6) is 0 Å². The summed E-state index contributed by atoms with van der Waals surface area (Å²) in [5, 5.41) is 0. The predicted molar refractivity (Wildman–Crippen MR) is 79.6 cm³/mol. The van der Waals surface area contributed by atoms with Crippen LogP contribution >= 0.6 is 15.9 Å². The topological polar surface area (TPSA) is 29.5 Å². The smallest absolute Gasteiger partial charge is 0.401 e. The number of rotatable bonds is 4. The van der Waals surface area contributed by atoms with Crippen molar-refractivity contribution in [3.05, 3.63) is 34.3 Å². The Bertz CT molecular complexity index is 497. The lowest BCUT2D eigenvalue weighted by atomic mass is 9.98. The molecule has 1 aliphatic heterocycles. The lowest BCUT2D eigenvalue weighted by Crippen LogP contribution is -2.40. The number of likely N-dealkylation sites (tertiary alicyclic amines) is 1. The number of carbonyl (C=O) groups is 1. The molecule has 122 valence electrons. The molecule has 1 fully saturated rings. The van der Waals surface area contributed by atoms with Crippen LogP contribution in [0.15, 0.2) is 28.7 Å². The molecule has 0 spiro atoms. The van der Waals surface area contributed by atoms with Crippen LogP contribution in [0.2, 0.25) is 0 Å². The lowest BCUT2D eigenvalue weighted by Gasteiger charge is -2.31. The Labute approximate surface area is 135 Å². The maximum absolute atomic E-state index is 12.3. The summed E-state index contributed by atoms with van der Waals surface area (Å²) in [6.07, 6.45) is -2.92. The van der Waals surface area contributed by atoms with E-state index in [1.165, 1.54) is 4.90 Å². The van der Waals surface area contributed by atoms with E-state index in [0.717, 1.165) is 4.47 Å². The molecule has 0 aromatic heterocycles. The molecule has 7 heteroatoms. The molecule has 0 aliphatic carbocycles. The highest BCUT2D eigenvalue weighted by molar-refractivity contribution is 9.10. The molecular weight excluding hydrogens is 363 g/mol. The molecular formula is C15H17BrF3NO2. The molecule has 0 amide bonds. The first-order chi connectivity index (χ1) is 10.3. The maximum atomic E-state index is 12.3. The van der Waals surface area contributed by atoms with Gasteiger partial charge in [-0.1, -0.05) is 15.9 Å². The summed E-state index contributed by atoms with van der Waals surface area (Å²) in [4.78, 5) is 13.2. The first-order valence-corrected chi connectivity index (χ1v) is 7.84. The summed E-state index contributed by atoms with van der Waals surface area (Å²) in [5.74, 6) is -0.269. The molecule has 22 heavy (non-hydrogen) atoms. The molecule has 0 unspecified atom stereocenters. The number of benzene rings is 1. The molecule has 1 saturated heterocycles. The van der Waals surface area contributed by atoms with E-state index < -0.39 is 18.7 Å². The van der Waals surface area contributed by atoms with Gasteiger partial charge in [0.1, 0.15) is 0 Å². The van der Waals surface area contributed by atoms with Crippen molar-refractivity contribution in [2.75, 3.05) is 26.2 Å². The van der Waals surface area contributed by atoms with Crippen molar-refractivity contribution in [1.82, 2.24) is 4.90 Å². The third kappa shape index (κ3) is 5.61. The van der Waals surface area contributed by atoms with E-state index in [2.05, 4.69) is 15.9 Å². The summed E-state index contributed by atoms with van der Waals surface area (Å²) in [6.45, 7) is 0.174. The van der Waals surface area contributed by atoms with Crippen LogP contribution in [0.4, 0.5) is 13.2 Å². The number of ether oxygens (including phenoxy) is 1. The average Bonchev–Trinajstić information content (AvgIpc) is 2.45. The highest BCUT2D eigenvalue weighted by Gasteiger charge is 2.32. The molecule has 1 aromatic rings. The highest BCUT2D eigenvalue weighted by atomic mass is 79.9. The second-order valence-electron chi connectivity index (χ2n) is 5.44. The van der Waals surface area contributed by atoms with Gasteiger partial charge in [-0.05, 0) is 56.1 Å². The van der Waals surface area contributed by atoms with E-state index >= 15 is 0 Å². The molecule has 1 aliphatic rings. The van der Waals surface area contributed by atoms with Gasteiger partial charge >= 0.3 is 12.1 Å². The largest absolute Gasteiger partial charge is 0.462 e. The number of halogens is 4. The van der Waals surface area contributed by atoms with E-state index in [1.807, 2.05) is 0 Å². The molecule has 0 bridgehead atoms. The van der Waals surface area contributed by atoms with Gasteiger partial charge in [-0.15, -0.1) is 0 Å². The Morgan fingerprint density at radius 3 is 2.36 bits per heavy atom. The molecule has 0 radical (unpaired) electrons. The van der Waals surface area contributed by atoms with E-state index in [9.17, 15) is 18.0 Å². The first kappa shape index (κ1) is 17.3. The predicted octanol–water partition coefficient (Wildman–Crippen LogP) is 3.88.